The molecule has 20 heavy (non-hydrogen) atoms. The van der Waals surface area contributed by atoms with Crippen LogP contribution in [0.15, 0.2) is 33.9 Å². The number of carbonyl (C=O) groups is 1. The quantitative estimate of drug-likeness (QED) is 0.793. The molecule has 2 rings (SSSR count). The lowest BCUT2D eigenvalue weighted by Crippen LogP contribution is -2.25. The molecule has 1 amide bonds. The van der Waals surface area contributed by atoms with Gasteiger partial charge in [0, 0.05) is 22.5 Å². The molecule has 0 aliphatic heterocycles. The number of hydrogen-bond acceptors (Lipinski definition) is 3. The van der Waals surface area contributed by atoms with E-state index in [-0.39, 0.29) is 18.0 Å². The van der Waals surface area contributed by atoms with Gasteiger partial charge in [0.25, 0.3) is 5.56 Å². The van der Waals surface area contributed by atoms with Gasteiger partial charge in [-0.25, -0.2) is 4.79 Å². The Balaban J connectivity index is 2.10. The molecule has 1 heterocycles. The van der Waals surface area contributed by atoms with Crippen LogP contribution in [0.25, 0.3) is 0 Å². The molecular formula is C13H12ClN3O3. The summed E-state index contributed by atoms with van der Waals surface area (Å²) in [6.45, 7) is 1.86. The molecule has 0 fully saturated rings. The van der Waals surface area contributed by atoms with Crippen LogP contribution in [0.1, 0.15) is 11.3 Å². The normalized spacial score (nSPS) is 10.3. The standard InChI is InChI=1S/C13H12ClN3O3/c1-7-2-3-8(4-10(7)14)15-11(18)5-9-6-12(19)17-13(20)16-9/h2-4,6H,5H2,1H3,(H,15,18)(H2,16,17,19,20). The smallest absolute Gasteiger partial charge is 0.325 e. The highest BCUT2D eigenvalue weighted by Crippen LogP contribution is 2.19. The van der Waals surface area contributed by atoms with Gasteiger partial charge in [-0.2, -0.15) is 0 Å². The molecule has 0 spiro atoms. The molecule has 6 nitrogen and oxygen atoms in total. The van der Waals surface area contributed by atoms with Crippen LogP contribution in [0.2, 0.25) is 5.02 Å². The molecule has 0 saturated carbocycles. The van der Waals surface area contributed by atoms with Crippen LogP contribution < -0.4 is 16.6 Å². The first-order valence-corrected chi connectivity index (χ1v) is 6.20. The summed E-state index contributed by atoms with van der Waals surface area (Å²) in [5.74, 6) is -0.355. The van der Waals surface area contributed by atoms with Gasteiger partial charge in [-0.1, -0.05) is 17.7 Å². The molecule has 0 bridgehead atoms. The number of rotatable bonds is 3. The van der Waals surface area contributed by atoms with E-state index in [2.05, 4.69) is 10.3 Å². The molecule has 1 aromatic carbocycles. The van der Waals surface area contributed by atoms with Crippen molar-refractivity contribution in [2.45, 2.75) is 13.3 Å². The molecule has 3 N–H and O–H groups in total. The van der Waals surface area contributed by atoms with Crippen LogP contribution in [0.3, 0.4) is 0 Å². The first-order chi connectivity index (χ1) is 9.44. The van der Waals surface area contributed by atoms with E-state index in [9.17, 15) is 14.4 Å². The third-order valence-electron chi connectivity index (χ3n) is 2.62. The van der Waals surface area contributed by atoms with Crippen molar-refractivity contribution in [3.63, 3.8) is 0 Å². The van der Waals surface area contributed by atoms with Crippen molar-refractivity contribution in [3.8, 4) is 0 Å². The molecule has 0 unspecified atom stereocenters. The maximum atomic E-state index is 11.8. The van der Waals surface area contributed by atoms with Gasteiger partial charge in [0.05, 0.1) is 6.42 Å². The minimum atomic E-state index is -0.640. The van der Waals surface area contributed by atoms with Gasteiger partial charge in [-0.3, -0.25) is 14.6 Å². The van der Waals surface area contributed by atoms with E-state index in [1.165, 1.54) is 6.07 Å². The van der Waals surface area contributed by atoms with Crippen LogP contribution in [0, 0.1) is 6.92 Å². The number of H-pyrrole nitrogens is 2. The van der Waals surface area contributed by atoms with E-state index in [4.69, 9.17) is 11.6 Å². The predicted octanol–water partition coefficient (Wildman–Crippen LogP) is 1.21. The third-order valence-corrected chi connectivity index (χ3v) is 3.03. The van der Waals surface area contributed by atoms with Gasteiger partial charge < -0.3 is 10.3 Å². The molecular weight excluding hydrogens is 282 g/mol. The molecule has 0 saturated heterocycles. The van der Waals surface area contributed by atoms with E-state index in [0.29, 0.717) is 10.7 Å². The van der Waals surface area contributed by atoms with Crippen molar-refractivity contribution in [3.05, 3.63) is 61.4 Å². The van der Waals surface area contributed by atoms with Crippen LogP contribution in [-0.4, -0.2) is 15.9 Å². The molecule has 0 radical (unpaired) electrons. The number of halogens is 1. The van der Waals surface area contributed by atoms with E-state index < -0.39 is 11.2 Å². The third kappa shape index (κ3) is 3.58. The second-order valence-corrected chi connectivity index (χ2v) is 4.71. The lowest BCUT2D eigenvalue weighted by Gasteiger charge is -2.06. The van der Waals surface area contributed by atoms with Gasteiger partial charge in [-0.15, -0.1) is 0 Å². The number of aromatic amines is 2. The maximum Gasteiger partial charge on any atom is 0.325 e. The van der Waals surface area contributed by atoms with Crippen molar-refractivity contribution in [1.82, 2.24) is 9.97 Å². The number of anilines is 1. The largest absolute Gasteiger partial charge is 0.326 e. The second-order valence-electron chi connectivity index (χ2n) is 4.30. The SMILES string of the molecule is Cc1ccc(NC(=O)Cc2cc(=O)[nH]c(=O)[nH]2)cc1Cl. The van der Waals surface area contributed by atoms with Crippen molar-refractivity contribution in [2.24, 2.45) is 0 Å². The number of carbonyl (C=O) groups excluding carboxylic acids is 1. The predicted molar refractivity (Wildman–Crippen MR) is 76.2 cm³/mol. The van der Waals surface area contributed by atoms with Gasteiger partial charge in [0.15, 0.2) is 0 Å². The number of aryl methyl sites for hydroxylation is 1. The van der Waals surface area contributed by atoms with Crippen molar-refractivity contribution < 1.29 is 4.79 Å². The summed E-state index contributed by atoms with van der Waals surface area (Å²) in [7, 11) is 0. The fourth-order valence-electron chi connectivity index (χ4n) is 1.66. The van der Waals surface area contributed by atoms with Crippen LogP contribution in [0.4, 0.5) is 5.69 Å². The Morgan fingerprint density at radius 2 is 2.00 bits per heavy atom. The zero-order valence-corrected chi connectivity index (χ0v) is 11.4. The highest BCUT2D eigenvalue weighted by molar-refractivity contribution is 6.31. The van der Waals surface area contributed by atoms with Crippen molar-refractivity contribution in [2.75, 3.05) is 5.32 Å². The average molecular weight is 294 g/mol. The summed E-state index contributed by atoms with van der Waals surface area (Å²) in [6.07, 6.45) is -0.106. The topological polar surface area (TPSA) is 94.8 Å². The van der Waals surface area contributed by atoms with Crippen LogP contribution >= 0.6 is 11.6 Å². The zero-order chi connectivity index (χ0) is 14.7. The molecule has 0 atom stereocenters. The molecule has 104 valence electrons. The molecule has 2 aromatic rings. The molecule has 0 aliphatic rings. The zero-order valence-electron chi connectivity index (χ0n) is 10.6. The van der Waals surface area contributed by atoms with Crippen LogP contribution in [-0.2, 0) is 11.2 Å². The van der Waals surface area contributed by atoms with E-state index in [1.54, 1.807) is 18.2 Å². The van der Waals surface area contributed by atoms with Gasteiger partial charge in [0.2, 0.25) is 5.91 Å². The number of nitrogens with one attached hydrogen (secondary N) is 3. The highest BCUT2D eigenvalue weighted by atomic mass is 35.5. The molecule has 0 aliphatic carbocycles. The second kappa shape index (κ2) is 5.75. The summed E-state index contributed by atoms with van der Waals surface area (Å²) in [6, 6.07) is 6.31. The summed E-state index contributed by atoms with van der Waals surface area (Å²) < 4.78 is 0. The number of amides is 1. The lowest BCUT2D eigenvalue weighted by molar-refractivity contribution is -0.115. The monoisotopic (exact) mass is 293 g/mol. The average Bonchev–Trinajstić information content (AvgIpc) is 2.32. The summed E-state index contributed by atoms with van der Waals surface area (Å²) >= 11 is 5.95. The Kier molecular flexibility index (Phi) is 4.05. The fraction of sp³-hybridized carbons (Fsp3) is 0.154. The minimum absolute atomic E-state index is 0.106. The van der Waals surface area contributed by atoms with Crippen molar-refractivity contribution in [1.29, 1.82) is 0 Å². The first-order valence-electron chi connectivity index (χ1n) is 5.82. The summed E-state index contributed by atoms with van der Waals surface area (Å²) in [5, 5.41) is 3.19. The molecule has 1 aromatic heterocycles. The van der Waals surface area contributed by atoms with Crippen LogP contribution in [0.5, 0.6) is 0 Å². The number of hydrogen-bond donors (Lipinski definition) is 3. The Bertz CT molecular complexity index is 736. The van der Waals surface area contributed by atoms with Gasteiger partial charge in [0.1, 0.15) is 0 Å². The number of aromatic nitrogens is 2. The first kappa shape index (κ1) is 14.1. The Morgan fingerprint density at radius 3 is 2.65 bits per heavy atom. The summed E-state index contributed by atoms with van der Waals surface area (Å²) in [5.41, 5.74) is 0.518. The highest BCUT2D eigenvalue weighted by Gasteiger charge is 2.07. The summed E-state index contributed by atoms with van der Waals surface area (Å²) in [4.78, 5) is 38.4. The Morgan fingerprint density at radius 1 is 1.25 bits per heavy atom. The van der Waals surface area contributed by atoms with Gasteiger partial charge >= 0.3 is 5.69 Å². The maximum absolute atomic E-state index is 11.8. The fourth-order valence-corrected chi connectivity index (χ4v) is 1.84. The molecule has 7 heteroatoms. The van der Waals surface area contributed by atoms with Gasteiger partial charge in [-0.05, 0) is 24.6 Å². The van der Waals surface area contributed by atoms with E-state index in [1.807, 2.05) is 11.9 Å². The van der Waals surface area contributed by atoms with E-state index >= 15 is 0 Å². The Hall–Kier alpha value is -2.34. The minimum Gasteiger partial charge on any atom is -0.326 e. The van der Waals surface area contributed by atoms with E-state index in [0.717, 1.165) is 5.56 Å². The number of benzene rings is 1. The van der Waals surface area contributed by atoms with Crippen molar-refractivity contribution >= 4 is 23.2 Å². The lowest BCUT2D eigenvalue weighted by atomic mass is 10.2. The Labute approximate surface area is 118 Å².